The van der Waals surface area contributed by atoms with Gasteiger partial charge in [-0.15, -0.1) is 0 Å². The summed E-state index contributed by atoms with van der Waals surface area (Å²) in [4.78, 5) is 26.3. The first-order chi connectivity index (χ1) is 14.2. The second-order valence-electron chi connectivity index (χ2n) is 8.51. The number of anilines is 1. The number of hydrogen-bond acceptors (Lipinski definition) is 4. The maximum atomic E-state index is 13.2. The lowest BCUT2D eigenvalue weighted by Crippen LogP contribution is -2.48. The summed E-state index contributed by atoms with van der Waals surface area (Å²) in [5.41, 5.74) is 4.25. The van der Waals surface area contributed by atoms with Crippen molar-refractivity contribution in [2.75, 3.05) is 31.1 Å². The maximum Gasteiger partial charge on any atom is 0.256 e. The summed E-state index contributed by atoms with van der Waals surface area (Å²) in [6.45, 7) is 3.88. The van der Waals surface area contributed by atoms with Gasteiger partial charge in [0.1, 0.15) is 0 Å². The number of pyridine rings is 1. The number of benzene rings is 1. The van der Waals surface area contributed by atoms with Crippen molar-refractivity contribution in [2.45, 2.75) is 25.7 Å². The van der Waals surface area contributed by atoms with Gasteiger partial charge in [-0.2, -0.15) is 0 Å². The summed E-state index contributed by atoms with van der Waals surface area (Å²) in [6.07, 6.45) is 10.1. The number of para-hydroxylation sites is 1. The molecule has 0 unspecified atom stereocenters. The molecule has 2 fully saturated rings. The van der Waals surface area contributed by atoms with Crippen molar-refractivity contribution in [3.05, 3.63) is 54.6 Å². The van der Waals surface area contributed by atoms with Crippen LogP contribution in [0.3, 0.4) is 0 Å². The van der Waals surface area contributed by atoms with Gasteiger partial charge in [0, 0.05) is 51.3 Å². The molecule has 3 aromatic rings. The molecule has 6 nitrogen and oxygen atoms in total. The molecule has 150 valence electrons. The van der Waals surface area contributed by atoms with Crippen LogP contribution in [0.15, 0.2) is 49.1 Å². The predicted molar refractivity (Wildman–Crippen MR) is 114 cm³/mol. The SMILES string of the molecule is Cn1cnc2cccc(C(=O)N3CCC4(CC3)CCN(c3ccncc3)CC4)c21. The lowest BCUT2D eigenvalue weighted by Gasteiger charge is -2.47. The number of fused-ring (bicyclic) bond motifs is 1. The van der Waals surface area contributed by atoms with E-state index in [1.807, 2.05) is 47.1 Å². The highest BCUT2D eigenvalue weighted by Crippen LogP contribution is 2.42. The quantitative estimate of drug-likeness (QED) is 0.673. The van der Waals surface area contributed by atoms with Crippen molar-refractivity contribution < 1.29 is 4.79 Å². The van der Waals surface area contributed by atoms with Gasteiger partial charge in [-0.25, -0.2) is 4.98 Å². The number of aryl methyl sites for hydroxylation is 1. The molecule has 1 amide bonds. The van der Waals surface area contributed by atoms with Gasteiger partial charge < -0.3 is 14.4 Å². The number of rotatable bonds is 2. The van der Waals surface area contributed by atoms with Crippen LogP contribution in [0, 0.1) is 5.41 Å². The number of carbonyl (C=O) groups is 1. The Balaban J connectivity index is 1.25. The van der Waals surface area contributed by atoms with Crippen LogP contribution in [0.1, 0.15) is 36.0 Å². The zero-order valence-corrected chi connectivity index (χ0v) is 16.9. The van der Waals surface area contributed by atoms with E-state index >= 15 is 0 Å². The lowest BCUT2D eigenvalue weighted by atomic mass is 9.71. The molecule has 6 heteroatoms. The van der Waals surface area contributed by atoms with Gasteiger partial charge in [0.25, 0.3) is 5.91 Å². The van der Waals surface area contributed by atoms with Gasteiger partial charge in [0.05, 0.1) is 22.9 Å². The summed E-state index contributed by atoms with van der Waals surface area (Å²) >= 11 is 0. The van der Waals surface area contributed by atoms with Gasteiger partial charge in [-0.1, -0.05) is 6.07 Å². The molecular formula is C23H27N5O. The molecule has 2 saturated heterocycles. The summed E-state index contributed by atoms with van der Waals surface area (Å²) in [7, 11) is 1.95. The third-order valence-corrected chi connectivity index (χ3v) is 6.93. The van der Waals surface area contributed by atoms with Crippen molar-refractivity contribution >= 4 is 22.6 Å². The minimum Gasteiger partial charge on any atom is -0.371 e. The molecule has 5 rings (SSSR count). The van der Waals surface area contributed by atoms with Crippen LogP contribution in [0.25, 0.3) is 11.0 Å². The van der Waals surface area contributed by atoms with E-state index in [9.17, 15) is 4.79 Å². The fraction of sp³-hybridized carbons (Fsp3) is 0.435. The predicted octanol–water partition coefficient (Wildman–Crippen LogP) is 3.49. The highest BCUT2D eigenvalue weighted by atomic mass is 16.2. The largest absolute Gasteiger partial charge is 0.371 e. The first kappa shape index (κ1) is 18.2. The Morgan fingerprint density at radius 2 is 1.66 bits per heavy atom. The fourth-order valence-electron chi connectivity index (χ4n) is 5.03. The Bertz CT molecular complexity index is 1010. The van der Waals surface area contributed by atoms with Crippen LogP contribution in [0.4, 0.5) is 5.69 Å². The van der Waals surface area contributed by atoms with Crippen LogP contribution in [0.2, 0.25) is 0 Å². The number of nitrogens with zero attached hydrogens (tertiary/aromatic N) is 5. The summed E-state index contributed by atoms with van der Waals surface area (Å²) < 4.78 is 1.95. The molecular weight excluding hydrogens is 362 g/mol. The van der Waals surface area contributed by atoms with E-state index in [2.05, 4.69) is 27.0 Å². The first-order valence-corrected chi connectivity index (χ1v) is 10.5. The zero-order valence-electron chi connectivity index (χ0n) is 16.9. The van der Waals surface area contributed by atoms with Crippen LogP contribution in [-0.4, -0.2) is 51.5 Å². The highest BCUT2D eigenvalue weighted by molar-refractivity contribution is 6.05. The van der Waals surface area contributed by atoms with E-state index in [0.29, 0.717) is 5.41 Å². The van der Waals surface area contributed by atoms with Gasteiger partial charge in [-0.05, 0) is 55.4 Å². The summed E-state index contributed by atoms with van der Waals surface area (Å²) in [5, 5.41) is 0. The van der Waals surface area contributed by atoms with Crippen LogP contribution in [0.5, 0.6) is 0 Å². The Kier molecular flexibility index (Phi) is 4.49. The molecule has 0 saturated carbocycles. The van der Waals surface area contributed by atoms with Gasteiger partial charge in [0.2, 0.25) is 0 Å². The average molecular weight is 390 g/mol. The van der Waals surface area contributed by atoms with Crippen molar-refractivity contribution in [1.82, 2.24) is 19.4 Å². The molecule has 0 bridgehead atoms. The smallest absolute Gasteiger partial charge is 0.256 e. The molecule has 0 aliphatic carbocycles. The molecule has 0 radical (unpaired) electrons. The average Bonchev–Trinajstić information content (AvgIpc) is 3.16. The van der Waals surface area contributed by atoms with E-state index in [-0.39, 0.29) is 5.91 Å². The molecule has 4 heterocycles. The van der Waals surface area contributed by atoms with Gasteiger partial charge in [0.15, 0.2) is 0 Å². The molecule has 0 atom stereocenters. The molecule has 1 spiro atoms. The molecule has 2 aliphatic rings. The second-order valence-corrected chi connectivity index (χ2v) is 8.51. The summed E-state index contributed by atoms with van der Waals surface area (Å²) in [6, 6.07) is 10.0. The van der Waals surface area contributed by atoms with E-state index in [1.165, 1.54) is 18.5 Å². The lowest BCUT2D eigenvalue weighted by molar-refractivity contribution is 0.0516. The standard InChI is InChI=1S/C23H27N5O/c1-26-17-25-20-4-2-3-19(21(20)26)22(29)28-15-9-23(10-16-28)7-13-27(14-8-23)18-5-11-24-12-6-18/h2-6,11-12,17H,7-10,13-16H2,1H3. The van der Waals surface area contributed by atoms with Crippen molar-refractivity contribution in [3.8, 4) is 0 Å². The highest BCUT2D eigenvalue weighted by Gasteiger charge is 2.39. The number of likely N-dealkylation sites (tertiary alicyclic amines) is 1. The van der Waals surface area contributed by atoms with Crippen molar-refractivity contribution in [1.29, 1.82) is 0 Å². The normalized spacial score (nSPS) is 19.1. The second kappa shape index (κ2) is 7.17. The van der Waals surface area contributed by atoms with Crippen molar-refractivity contribution in [2.24, 2.45) is 12.5 Å². The third kappa shape index (κ3) is 3.26. The Hall–Kier alpha value is -2.89. The molecule has 29 heavy (non-hydrogen) atoms. The van der Waals surface area contributed by atoms with Crippen LogP contribution >= 0.6 is 0 Å². The number of hydrogen-bond donors (Lipinski definition) is 0. The topological polar surface area (TPSA) is 54.3 Å². The minimum atomic E-state index is 0.142. The molecule has 2 aromatic heterocycles. The third-order valence-electron chi connectivity index (χ3n) is 6.93. The number of piperidine rings is 2. The molecule has 1 aromatic carbocycles. The minimum absolute atomic E-state index is 0.142. The molecule has 2 aliphatic heterocycles. The first-order valence-electron chi connectivity index (χ1n) is 10.5. The number of aromatic nitrogens is 3. The fourth-order valence-corrected chi connectivity index (χ4v) is 5.03. The Labute approximate surface area is 171 Å². The van der Waals surface area contributed by atoms with Gasteiger partial charge >= 0.3 is 0 Å². The van der Waals surface area contributed by atoms with E-state index in [4.69, 9.17) is 0 Å². The maximum absolute atomic E-state index is 13.2. The van der Waals surface area contributed by atoms with E-state index < -0.39 is 0 Å². The van der Waals surface area contributed by atoms with E-state index in [1.54, 1.807) is 6.33 Å². The summed E-state index contributed by atoms with van der Waals surface area (Å²) in [5.74, 6) is 0.142. The zero-order chi connectivity index (χ0) is 19.8. The van der Waals surface area contributed by atoms with Crippen LogP contribution < -0.4 is 4.90 Å². The Morgan fingerprint density at radius 1 is 0.966 bits per heavy atom. The number of amides is 1. The monoisotopic (exact) mass is 389 g/mol. The van der Waals surface area contributed by atoms with Gasteiger partial charge in [-0.3, -0.25) is 9.78 Å². The van der Waals surface area contributed by atoms with Crippen molar-refractivity contribution in [3.63, 3.8) is 0 Å². The molecule has 0 N–H and O–H groups in total. The van der Waals surface area contributed by atoms with Crippen LogP contribution in [-0.2, 0) is 7.05 Å². The Morgan fingerprint density at radius 3 is 2.38 bits per heavy atom. The number of carbonyl (C=O) groups excluding carboxylic acids is 1. The number of imidazole rings is 1. The van der Waals surface area contributed by atoms with E-state index in [0.717, 1.165) is 55.6 Å².